The highest BCUT2D eigenvalue weighted by Crippen LogP contribution is 2.35. The number of carbonyl (C=O) groups excluding carboxylic acids is 1. The third-order valence-electron chi connectivity index (χ3n) is 6.97. The van der Waals surface area contributed by atoms with Crippen LogP contribution in [0.2, 0.25) is 0 Å². The fraction of sp³-hybridized carbons (Fsp3) is 0.281. The van der Waals surface area contributed by atoms with E-state index in [-0.39, 0.29) is 12.2 Å². The molecule has 212 valence electrons. The van der Waals surface area contributed by atoms with Crippen LogP contribution in [0.25, 0.3) is 16.8 Å². The summed E-state index contributed by atoms with van der Waals surface area (Å²) in [4.78, 5) is 32.6. The first kappa shape index (κ1) is 28.8. The van der Waals surface area contributed by atoms with Crippen LogP contribution in [0, 0.1) is 0 Å². The number of aromatic nitrogens is 1. The summed E-state index contributed by atoms with van der Waals surface area (Å²) >= 11 is 4.85. The second-order valence-corrected chi connectivity index (χ2v) is 11.5. The van der Waals surface area contributed by atoms with E-state index in [2.05, 4.69) is 22.9 Å². The number of methoxy groups -OCH3 is 1. The molecule has 0 saturated carbocycles. The smallest absolute Gasteiger partial charge is 0.338 e. The zero-order valence-corrected chi connectivity index (χ0v) is 25.8. The molecule has 9 heteroatoms. The predicted molar refractivity (Wildman–Crippen MR) is 165 cm³/mol. The minimum Gasteiger partial charge on any atom is -0.496 e. The maximum Gasteiger partial charge on any atom is 0.338 e. The molecule has 2 heterocycles. The Balaban J connectivity index is 1.74. The van der Waals surface area contributed by atoms with Crippen LogP contribution in [-0.4, -0.2) is 30.9 Å². The Morgan fingerprint density at radius 3 is 2.63 bits per heavy atom. The number of thiazole rings is 1. The van der Waals surface area contributed by atoms with E-state index < -0.39 is 12.0 Å². The summed E-state index contributed by atoms with van der Waals surface area (Å²) in [7, 11) is 1.59. The standard InChI is InChI=1S/C32H31BrN2O5S/c1-5-7-16-40-25-14-12-20-10-8-9-11-22(20)23(25)18-27-30(36)35-29(21-13-15-26(38-4)24(33)17-21)28(31(37)39-6-2)19(3)34-32(35)41-27/h8-15,17-18,29H,5-7,16H2,1-4H3/b27-18+/t29-/m1/s1. The molecule has 3 aromatic carbocycles. The molecule has 0 bridgehead atoms. The highest BCUT2D eigenvalue weighted by molar-refractivity contribution is 9.10. The Morgan fingerprint density at radius 1 is 1.12 bits per heavy atom. The van der Waals surface area contributed by atoms with Gasteiger partial charge in [0.05, 0.1) is 46.6 Å². The van der Waals surface area contributed by atoms with Crippen LogP contribution < -0.4 is 24.4 Å². The van der Waals surface area contributed by atoms with Gasteiger partial charge >= 0.3 is 5.97 Å². The van der Waals surface area contributed by atoms with Crippen molar-refractivity contribution in [2.45, 2.75) is 39.7 Å². The third-order valence-corrected chi connectivity index (χ3v) is 8.57. The van der Waals surface area contributed by atoms with Gasteiger partial charge in [0.1, 0.15) is 11.5 Å². The van der Waals surface area contributed by atoms with E-state index >= 15 is 0 Å². The second kappa shape index (κ2) is 12.4. The molecule has 0 unspecified atom stereocenters. The summed E-state index contributed by atoms with van der Waals surface area (Å²) in [6.45, 7) is 6.45. The van der Waals surface area contributed by atoms with Crippen molar-refractivity contribution in [2.75, 3.05) is 20.3 Å². The van der Waals surface area contributed by atoms with Crippen molar-refractivity contribution in [3.8, 4) is 11.5 Å². The molecule has 7 nitrogen and oxygen atoms in total. The SMILES string of the molecule is CCCCOc1ccc2ccccc2c1/C=c1/sc2n(c1=O)[C@H](c1ccc(OC)c(Br)c1)C(C(=O)OCC)=C(C)N=2. The normalized spacial score (nSPS) is 15.0. The van der Waals surface area contributed by atoms with Crippen LogP contribution in [-0.2, 0) is 9.53 Å². The molecule has 1 aliphatic rings. The summed E-state index contributed by atoms with van der Waals surface area (Å²) in [6, 6.07) is 16.8. The Bertz CT molecular complexity index is 1840. The average molecular weight is 636 g/mol. The quantitative estimate of drug-likeness (QED) is 0.169. The second-order valence-electron chi connectivity index (χ2n) is 9.60. The minimum atomic E-state index is -0.720. The Hall–Kier alpha value is -3.69. The molecule has 4 aromatic rings. The maximum absolute atomic E-state index is 14.2. The summed E-state index contributed by atoms with van der Waals surface area (Å²) in [6.07, 6.45) is 3.84. The van der Waals surface area contributed by atoms with Gasteiger partial charge in [0.15, 0.2) is 4.80 Å². The van der Waals surface area contributed by atoms with Crippen molar-refractivity contribution < 1.29 is 19.0 Å². The van der Waals surface area contributed by atoms with Gasteiger partial charge in [0, 0.05) is 5.56 Å². The number of allylic oxidation sites excluding steroid dienone is 1. The van der Waals surface area contributed by atoms with Crippen molar-refractivity contribution in [1.29, 1.82) is 0 Å². The van der Waals surface area contributed by atoms with E-state index in [1.54, 1.807) is 25.5 Å². The van der Waals surface area contributed by atoms with Gasteiger partial charge < -0.3 is 14.2 Å². The molecule has 0 fully saturated rings. The number of hydrogen-bond donors (Lipinski definition) is 0. The molecule has 0 spiro atoms. The van der Waals surface area contributed by atoms with Gasteiger partial charge in [-0.25, -0.2) is 9.79 Å². The number of carbonyl (C=O) groups is 1. The van der Waals surface area contributed by atoms with E-state index in [0.717, 1.165) is 40.5 Å². The monoisotopic (exact) mass is 634 g/mol. The number of esters is 1. The molecule has 5 rings (SSSR count). The van der Waals surface area contributed by atoms with Gasteiger partial charge in [0.2, 0.25) is 0 Å². The van der Waals surface area contributed by atoms with Gasteiger partial charge in [-0.2, -0.15) is 0 Å². The molecule has 1 aliphatic heterocycles. The first-order valence-corrected chi connectivity index (χ1v) is 15.2. The molecular weight excluding hydrogens is 604 g/mol. The first-order valence-electron chi connectivity index (χ1n) is 13.6. The summed E-state index contributed by atoms with van der Waals surface area (Å²) in [5.74, 6) is 0.869. The Morgan fingerprint density at radius 2 is 1.90 bits per heavy atom. The number of rotatable bonds is 9. The number of halogens is 1. The van der Waals surface area contributed by atoms with Crippen molar-refractivity contribution in [3.63, 3.8) is 0 Å². The summed E-state index contributed by atoms with van der Waals surface area (Å²) < 4.78 is 19.8. The molecule has 0 radical (unpaired) electrons. The number of benzene rings is 3. The predicted octanol–water partition coefficient (Wildman–Crippen LogP) is 5.90. The van der Waals surface area contributed by atoms with E-state index in [9.17, 15) is 9.59 Å². The van der Waals surface area contributed by atoms with Crippen molar-refractivity contribution >= 4 is 50.1 Å². The zero-order chi connectivity index (χ0) is 29.1. The highest BCUT2D eigenvalue weighted by atomic mass is 79.9. The average Bonchev–Trinajstić information content (AvgIpc) is 3.27. The van der Waals surface area contributed by atoms with Crippen molar-refractivity contribution in [1.82, 2.24) is 4.57 Å². The zero-order valence-electron chi connectivity index (χ0n) is 23.4. The highest BCUT2D eigenvalue weighted by Gasteiger charge is 2.33. The number of ether oxygens (including phenoxy) is 3. The number of unbranched alkanes of at least 4 members (excludes halogenated alkanes) is 1. The first-order chi connectivity index (χ1) is 19.9. The molecule has 1 atom stereocenters. The maximum atomic E-state index is 14.2. The number of fused-ring (bicyclic) bond motifs is 2. The fourth-order valence-corrected chi connectivity index (χ4v) is 6.55. The minimum absolute atomic E-state index is 0.209. The van der Waals surface area contributed by atoms with Crippen LogP contribution >= 0.6 is 27.3 Å². The van der Waals surface area contributed by atoms with E-state index in [0.29, 0.717) is 37.4 Å². The molecule has 1 aromatic heterocycles. The van der Waals surface area contributed by atoms with Crippen LogP contribution in [0.4, 0.5) is 0 Å². The lowest BCUT2D eigenvalue weighted by atomic mass is 9.96. The number of hydrogen-bond acceptors (Lipinski definition) is 7. The summed E-state index contributed by atoms with van der Waals surface area (Å²) in [5, 5.41) is 2.04. The van der Waals surface area contributed by atoms with Gasteiger partial charge in [-0.1, -0.05) is 61.1 Å². The molecule has 0 aliphatic carbocycles. The lowest BCUT2D eigenvalue weighted by molar-refractivity contribution is -0.139. The van der Waals surface area contributed by atoms with Gasteiger partial charge in [0.25, 0.3) is 5.56 Å². The molecular formula is C32H31BrN2O5S. The molecule has 0 N–H and O–H groups in total. The van der Waals surface area contributed by atoms with E-state index in [1.165, 1.54) is 11.3 Å². The van der Waals surface area contributed by atoms with Crippen LogP contribution in [0.5, 0.6) is 11.5 Å². The lowest BCUT2D eigenvalue weighted by Gasteiger charge is -2.25. The number of nitrogens with zero attached hydrogens (tertiary/aromatic N) is 2. The van der Waals surface area contributed by atoms with Crippen LogP contribution in [0.3, 0.4) is 0 Å². The summed E-state index contributed by atoms with van der Waals surface area (Å²) in [5.41, 5.74) is 2.18. The van der Waals surface area contributed by atoms with Gasteiger partial charge in [-0.05, 0) is 76.8 Å². The van der Waals surface area contributed by atoms with Crippen LogP contribution in [0.15, 0.2) is 80.1 Å². The lowest BCUT2D eigenvalue weighted by Crippen LogP contribution is -2.40. The third kappa shape index (κ3) is 5.61. The van der Waals surface area contributed by atoms with Gasteiger partial charge in [-0.15, -0.1) is 0 Å². The largest absolute Gasteiger partial charge is 0.496 e. The fourth-order valence-electron chi connectivity index (χ4n) is 4.97. The molecule has 0 amide bonds. The van der Waals surface area contributed by atoms with E-state index in [4.69, 9.17) is 19.2 Å². The van der Waals surface area contributed by atoms with Crippen molar-refractivity contribution in [3.05, 3.63) is 101 Å². The molecule has 0 saturated heterocycles. The van der Waals surface area contributed by atoms with E-state index in [1.807, 2.05) is 60.7 Å². The topological polar surface area (TPSA) is 79.1 Å². The molecule has 41 heavy (non-hydrogen) atoms. The van der Waals surface area contributed by atoms with Crippen molar-refractivity contribution in [2.24, 2.45) is 4.99 Å². The Labute approximate surface area is 250 Å². The van der Waals surface area contributed by atoms with Gasteiger partial charge in [-0.3, -0.25) is 9.36 Å². The van der Waals surface area contributed by atoms with Crippen LogP contribution in [0.1, 0.15) is 50.8 Å². The Kier molecular flexibility index (Phi) is 8.75.